The van der Waals surface area contributed by atoms with Crippen molar-refractivity contribution in [2.75, 3.05) is 20.1 Å². The van der Waals surface area contributed by atoms with Gasteiger partial charge in [0.25, 0.3) is 0 Å². The third-order valence-corrected chi connectivity index (χ3v) is 5.73. The highest BCUT2D eigenvalue weighted by Gasteiger charge is 2.38. The van der Waals surface area contributed by atoms with Gasteiger partial charge in [-0.25, -0.2) is 0 Å². The summed E-state index contributed by atoms with van der Waals surface area (Å²) in [5, 5.41) is 3.90. The first kappa shape index (κ1) is 15.1. The van der Waals surface area contributed by atoms with Crippen LogP contribution in [0.2, 0.25) is 0 Å². The summed E-state index contributed by atoms with van der Waals surface area (Å²) >= 11 is 0. The van der Waals surface area contributed by atoms with Crippen LogP contribution in [0.25, 0.3) is 0 Å². The fourth-order valence-corrected chi connectivity index (χ4v) is 4.15. The molecule has 116 valence electrons. The highest BCUT2D eigenvalue weighted by molar-refractivity contribution is 5.30. The Balaban J connectivity index is 1.61. The zero-order valence-corrected chi connectivity index (χ0v) is 13.8. The van der Waals surface area contributed by atoms with E-state index in [4.69, 9.17) is 0 Å². The molecule has 2 aliphatic rings. The van der Waals surface area contributed by atoms with E-state index in [-0.39, 0.29) is 0 Å². The average Bonchev–Trinajstić information content (AvgIpc) is 2.74. The zero-order chi connectivity index (χ0) is 14.8. The highest BCUT2D eigenvalue weighted by atomic mass is 15.1. The third kappa shape index (κ3) is 3.32. The first-order valence-electron chi connectivity index (χ1n) is 8.65. The second kappa shape index (κ2) is 6.50. The Morgan fingerprint density at radius 3 is 2.19 bits per heavy atom. The van der Waals surface area contributed by atoms with Crippen LogP contribution < -0.4 is 5.32 Å². The van der Waals surface area contributed by atoms with Crippen LogP contribution in [0.4, 0.5) is 0 Å². The Morgan fingerprint density at radius 2 is 1.67 bits per heavy atom. The Hall–Kier alpha value is -0.860. The molecule has 0 aliphatic heterocycles. The predicted octanol–water partition coefficient (Wildman–Crippen LogP) is 3.11. The lowest BCUT2D eigenvalue weighted by molar-refractivity contribution is 0.255. The van der Waals surface area contributed by atoms with E-state index in [9.17, 15) is 0 Å². The molecular formula is C19H30N2. The van der Waals surface area contributed by atoms with Crippen LogP contribution in [0.15, 0.2) is 24.3 Å². The van der Waals surface area contributed by atoms with Crippen molar-refractivity contribution in [1.29, 1.82) is 0 Å². The maximum Gasteiger partial charge on any atom is 0.0130 e. The highest BCUT2D eigenvalue weighted by Crippen LogP contribution is 2.39. The number of nitrogens with one attached hydrogen (secondary N) is 1. The predicted molar refractivity (Wildman–Crippen MR) is 89.6 cm³/mol. The lowest BCUT2D eigenvalue weighted by atomic mass is 9.94. The summed E-state index contributed by atoms with van der Waals surface area (Å²) in [5.41, 5.74) is 3.21. The molecule has 1 aromatic carbocycles. The molecule has 0 amide bonds. The molecule has 1 fully saturated rings. The van der Waals surface area contributed by atoms with E-state index in [1.807, 2.05) is 0 Å². The largest absolute Gasteiger partial charge is 0.312 e. The number of benzene rings is 1. The lowest BCUT2D eigenvalue weighted by Gasteiger charge is -2.27. The molecule has 0 aromatic heterocycles. The fraction of sp³-hybridized carbons (Fsp3) is 0.684. The molecule has 2 atom stereocenters. The van der Waals surface area contributed by atoms with Gasteiger partial charge in [0.15, 0.2) is 0 Å². The molecule has 1 saturated carbocycles. The third-order valence-electron chi connectivity index (χ3n) is 5.73. The molecule has 21 heavy (non-hydrogen) atoms. The molecule has 1 aromatic rings. The number of rotatable bonds is 5. The molecule has 0 saturated heterocycles. The normalized spacial score (nSPS) is 28.0. The second-order valence-corrected chi connectivity index (χ2v) is 7.33. The molecular weight excluding hydrogens is 256 g/mol. The number of nitrogens with zero attached hydrogens (tertiary/aromatic N) is 1. The van der Waals surface area contributed by atoms with Crippen molar-refractivity contribution < 1.29 is 0 Å². The Morgan fingerprint density at radius 1 is 1.10 bits per heavy atom. The van der Waals surface area contributed by atoms with Crippen molar-refractivity contribution in [3.63, 3.8) is 0 Å². The summed E-state index contributed by atoms with van der Waals surface area (Å²) in [4.78, 5) is 2.43. The minimum atomic E-state index is 0.641. The summed E-state index contributed by atoms with van der Waals surface area (Å²) in [7, 11) is 2.23. The molecule has 2 aliphatic carbocycles. The van der Waals surface area contributed by atoms with Gasteiger partial charge < -0.3 is 10.2 Å². The monoisotopic (exact) mass is 286 g/mol. The Bertz CT molecular complexity index is 435. The molecule has 1 N–H and O–H groups in total. The van der Waals surface area contributed by atoms with E-state index >= 15 is 0 Å². The van der Waals surface area contributed by atoms with Crippen LogP contribution >= 0.6 is 0 Å². The fourth-order valence-electron chi connectivity index (χ4n) is 4.15. The average molecular weight is 286 g/mol. The van der Waals surface area contributed by atoms with Crippen molar-refractivity contribution in [2.45, 2.75) is 51.6 Å². The molecule has 3 rings (SSSR count). The van der Waals surface area contributed by atoms with Crippen LogP contribution in [0.5, 0.6) is 0 Å². The minimum absolute atomic E-state index is 0.641. The quantitative estimate of drug-likeness (QED) is 0.895. The van der Waals surface area contributed by atoms with E-state index in [0.717, 1.165) is 31.0 Å². The van der Waals surface area contributed by atoms with Crippen molar-refractivity contribution in [2.24, 2.45) is 11.8 Å². The Labute approximate surface area is 129 Å². The van der Waals surface area contributed by atoms with Crippen LogP contribution in [0.1, 0.15) is 37.8 Å². The lowest BCUT2D eigenvalue weighted by Crippen LogP contribution is -2.42. The van der Waals surface area contributed by atoms with Crippen molar-refractivity contribution >= 4 is 0 Å². The van der Waals surface area contributed by atoms with Gasteiger partial charge in [-0.3, -0.25) is 0 Å². The van der Waals surface area contributed by atoms with Gasteiger partial charge in [0.05, 0.1) is 0 Å². The van der Waals surface area contributed by atoms with Crippen LogP contribution in [-0.2, 0) is 12.8 Å². The first-order chi connectivity index (χ1) is 10.1. The van der Waals surface area contributed by atoms with Crippen molar-refractivity contribution in [1.82, 2.24) is 10.2 Å². The van der Waals surface area contributed by atoms with Crippen LogP contribution in [-0.4, -0.2) is 37.1 Å². The van der Waals surface area contributed by atoms with E-state index < -0.39 is 0 Å². The summed E-state index contributed by atoms with van der Waals surface area (Å²) in [6, 6.07) is 10.5. The van der Waals surface area contributed by atoms with Crippen molar-refractivity contribution in [3.05, 3.63) is 35.4 Å². The number of hydrogen-bond acceptors (Lipinski definition) is 2. The maximum atomic E-state index is 3.90. The number of hydrogen-bond donors (Lipinski definition) is 1. The maximum absolute atomic E-state index is 3.90. The molecule has 2 heteroatoms. The summed E-state index contributed by atoms with van der Waals surface area (Å²) in [6.45, 7) is 6.82. The van der Waals surface area contributed by atoms with E-state index in [0.29, 0.717) is 6.04 Å². The SMILES string of the molecule is CC(C)N(C)CCNC1C2CCC1Cc1ccccc1C2. The number of fused-ring (bicyclic) bond motifs is 3. The molecule has 2 nitrogen and oxygen atoms in total. The van der Waals surface area contributed by atoms with Gasteiger partial charge in [0, 0.05) is 25.2 Å². The van der Waals surface area contributed by atoms with Crippen LogP contribution in [0.3, 0.4) is 0 Å². The van der Waals surface area contributed by atoms with Crippen molar-refractivity contribution in [3.8, 4) is 0 Å². The molecule has 2 unspecified atom stereocenters. The van der Waals surface area contributed by atoms with E-state index in [1.165, 1.54) is 25.7 Å². The van der Waals surface area contributed by atoms with Gasteiger partial charge >= 0.3 is 0 Å². The standard InChI is InChI=1S/C19H30N2/c1-14(2)21(3)11-10-20-19-17-8-9-18(19)13-16-7-5-4-6-15(16)12-17/h4-7,14,17-20H,8-13H2,1-3H3. The molecule has 0 heterocycles. The topological polar surface area (TPSA) is 15.3 Å². The van der Waals surface area contributed by atoms with Gasteiger partial charge in [0.1, 0.15) is 0 Å². The Kier molecular flexibility index (Phi) is 4.66. The molecule has 0 spiro atoms. The molecule has 2 bridgehead atoms. The van der Waals surface area contributed by atoms with Gasteiger partial charge in [-0.2, -0.15) is 0 Å². The second-order valence-electron chi connectivity index (χ2n) is 7.33. The van der Waals surface area contributed by atoms with Gasteiger partial charge in [-0.15, -0.1) is 0 Å². The van der Waals surface area contributed by atoms with Crippen LogP contribution in [0, 0.1) is 11.8 Å². The van der Waals surface area contributed by atoms with Gasteiger partial charge in [0.2, 0.25) is 0 Å². The van der Waals surface area contributed by atoms with E-state index in [2.05, 4.69) is 55.4 Å². The summed E-state index contributed by atoms with van der Waals surface area (Å²) in [5.74, 6) is 1.70. The number of likely N-dealkylation sites (N-methyl/N-ethyl adjacent to an activating group) is 1. The zero-order valence-electron chi connectivity index (χ0n) is 13.8. The molecule has 0 radical (unpaired) electrons. The van der Waals surface area contributed by atoms with Gasteiger partial charge in [-0.1, -0.05) is 24.3 Å². The first-order valence-corrected chi connectivity index (χ1v) is 8.65. The van der Waals surface area contributed by atoms with Gasteiger partial charge in [-0.05, 0) is 69.5 Å². The minimum Gasteiger partial charge on any atom is -0.312 e. The van der Waals surface area contributed by atoms with E-state index in [1.54, 1.807) is 11.1 Å². The summed E-state index contributed by atoms with van der Waals surface area (Å²) in [6.07, 6.45) is 5.39. The summed E-state index contributed by atoms with van der Waals surface area (Å²) < 4.78 is 0. The smallest absolute Gasteiger partial charge is 0.0130 e.